The number of nitrogens with one attached hydrogen (secondary N) is 1. The Morgan fingerprint density at radius 1 is 0.917 bits per heavy atom. The highest BCUT2D eigenvalue weighted by atomic mass is 35.5. The van der Waals surface area contributed by atoms with Crippen molar-refractivity contribution in [3.05, 3.63) is 83.4 Å². The van der Waals surface area contributed by atoms with Gasteiger partial charge in [0.05, 0.1) is 28.4 Å². The first kappa shape index (κ1) is 24.1. The second kappa shape index (κ2) is 9.83. The van der Waals surface area contributed by atoms with Gasteiger partial charge in [-0.3, -0.25) is 13.9 Å². The van der Waals surface area contributed by atoms with Crippen LogP contribution in [0, 0.1) is 0 Å². The van der Waals surface area contributed by atoms with Crippen molar-refractivity contribution in [2.75, 3.05) is 29.3 Å². The van der Waals surface area contributed by atoms with Gasteiger partial charge in [-0.15, -0.1) is 0 Å². The number of hydrogen-bond acceptors (Lipinski definition) is 5. The van der Waals surface area contributed by atoms with E-state index >= 15 is 0 Å². The summed E-state index contributed by atoms with van der Waals surface area (Å²) in [5, 5.41) is 3.20. The van der Waals surface area contributed by atoms with Crippen molar-refractivity contribution in [2.24, 2.45) is 0 Å². The summed E-state index contributed by atoms with van der Waals surface area (Å²) in [7, 11) is -4.01. The number of halogens is 1. The number of ether oxygens (including phenoxy) is 1. The number of likely N-dealkylation sites (tertiary alicyclic amines) is 1. The van der Waals surface area contributed by atoms with Crippen LogP contribution in [0.4, 0.5) is 11.4 Å². The number of carbonyl (C=O) groups is 2. The molecule has 1 atom stereocenters. The Morgan fingerprint density at radius 3 is 2.33 bits per heavy atom. The summed E-state index contributed by atoms with van der Waals surface area (Å²) in [5.74, 6) is -0.435. The van der Waals surface area contributed by atoms with E-state index in [1.165, 1.54) is 28.6 Å². The van der Waals surface area contributed by atoms with Gasteiger partial charge in [-0.1, -0.05) is 35.9 Å². The molecule has 2 aliphatic heterocycles. The molecule has 5 rings (SSSR count). The number of benzene rings is 3. The summed E-state index contributed by atoms with van der Waals surface area (Å²) in [5.41, 5.74) is 1.07. The number of hydrogen-bond donors (Lipinski definition) is 1. The minimum absolute atomic E-state index is 0.0457. The second-order valence-corrected chi connectivity index (χ2v) is 10.9. The van der Waals surface area contributed by atoms with E-state index in [1.54, 1.807) is 53.4 Å². The molecule has 0 bridgehead atoms. The zero-order valence-corrected chi connectivity index (χ0v) is 20.8. The molecular formula is C26H24ClN3O5S. The molecule has 186 valence electrons. The average molecular weight is 526 g/mol. The molecule has 0 radical (unpaired) electrons. The number of rotatable bonds is 5. The van der Waals surface area contributed by atoms with Crippen molar-refractivity contribution in [3.8, 4) is 5.75 Å². The Labute approximate surface area is 214 Å². The van der Waals surface area contributed by atoms with Gasteiger partial charge in [0.15, 0.2) is 6.10 Å². The number of fused-ring (bicyclic) bond motifs is 1. The van der Waals surface area contributed by atoms with E-state index in [0.29, 0.717) is 35.1 Å². The molecule has 0 saturated carbocycles. The zero-order valence-electron chi connectivity index (χ0n) is 19.3. The predicted molar refractivity (Wildman–Crippen MR) is 137 cm³/mol. The van der Waals surface area contributed by atoms with Crippen LogP contribution in [0.3, 0.4) is 0 Å². The molecule has 0 aliphatic carbocycles. The van der Waals surface area contributed by atoms with Crippen molar-refractivity contribution < 1.29 is 22.7 Å². The quantitative estimate of drug-likeness (QED) is 0.539. The molecule has 1 saturated heterocycles. The maximum atomic E-state index is 13.5. The molecule has 0 spiro atoms. The Hall–Kier alpha value is -3.56. The first-order valence-corrected chi connectivity index (χ1v) is 13.4. The van der Waals surface area contributed by atoms with Crippen molar-refractivity contribution in [3.63, 3.8) is 0 Å². The summed E-state index contributed by atoms with van der Waals surface area (Å²) in [6, 6.07) is 19.3. The fourth-order valence-electron chi connectivity index (χ4n) is 4.38. The molecule has 2 amide bonds. The molecule has 1 fully saturated rings. The maximum Gasteiger partial charge on any atom is 0.267 e. The third kappa shape index (κ3) is 4.64. The molecule has 36 heavy (non-hydrogen) atoms. The molecule has 0 aromatic heterocycles. The van der Waals surface area contributed by atoms with Crippen LogP contribution in [0.5, 0.6) is 5.75 Å². The molecule has 8 nitrogen and oxygen atoms in total. The van der Waals surface area contributed by atoms with Gasteiger partial charge in [-0.25, -0.2) is 8.42 Å². The minimum atomic E-state index is -4.01. The number of nitrogens with zero attached hydrogens (tertiary/aromatic N) is 2. The van der Waals surface area contributed by atoms with Crippen molar-refractivity contribution in [1.29, 1.82) is 0 Å². The monoisotopic (exact) mass is 525 g/mol. The van der Waals surface area contributed by atoms with Crippen molar-refractivity contribution in [1.82, 2.24) is 4.90 Å². The Bertz CT molecular complexity index is 1410. The Balaban J connectivity index is 1.43. The molecule has 2 heterocycles. The topological polar surface area (TPSA) is 96.0 Å². The van der Waals surface area contributed by atoms with Crippen LogP contribution < -0.4 is 14.4 Å². The molecule has 10 heteroatoms. The molecule has 2 aliphatic rings. The number of carbonyl (C=O) groups excluding carboxylic acids is 2. The lowest BCUT2D eigenvalue weighted by molar-refractivity contribution is -0.122. The summed E-state index contributed by atoms with van der Waals surface area (Å²) in [6.45, 7) is 1.12. The summed E-state index contributed by atoms with van der Waals surface area (Å²) in [6.07, 6.45) is 0.762. The van der Waals surface area contributed by atoms with Gasteiger partial charge in [0.2, 0.25) is 0 Å². The lowest BCUT2D eigenvalue weighted by Crippen LogP contribution is -2.49. The average Bonchev–Trinajstić information content (AvgIpc) is 3.43. The molecule has 0 unspecified atom stereocenters. The Morgan fingerprint density at radius 2 is 1.58 bits per heavy atom. The van der Waals surface area contributed by atoms with Gasteiger partial charge in [0.1, 0.15) is 5.75 Å². The van der Waals surface area contributed by atoms with Gasteiger partial charge in [-0.2, -0.15) is 0 Å². The van der Waals surface area contributed by atoms with Gasteiger partial charge in [-0.05, 0) is 61.4 Å². The smallest absolute Gasteiger partial charge is 0.267 e. The highest BCUT2D eigenvalue weighted by Gasteiger charge is 2.38. The zero-order chi connectivity index (χ0) is 25.3. The summed E-state index contributed by atoms with van der Waals surface area (Å²) < 4.78 is 34.1. The van der Waals surface area contributed by atoms with Gasteiger partial charge < -0.3 is 15.0 Å². The molecule has 1 N–H and O–H groups in total. The first-order valence-electron chi connectivity index (χ1n) is 11.6. The molecule has 3 aromatic carbocycles. The Kier molecular flexibility index (Phi) is 6.59. The van der Waals surface area contributed by atoms with E-state index in [2.05, 4.69) is 5.32 Å². The van der Waals surface area contributed by atoms with E-state index in [9.17, 15) is 18.0 Å². The van der Waals surface area contributed by atoms with Crippen LogP contribution in [0.1, 0.15) is 23.2 Å². The highest BCUT2D eigenvalue weighted by molar-refractivity contribution is 7.92. The van der Waals surface area contributed by atoms with Gasteiger partial charge in [0.25, 0.3) is 21.8 Å². The summed E-state index contributed by atoms with van der Waals surface area (Å²) >= 11 is 5.94. The van der Waals surface area contributed by atoms with Crippen molar-refractivity contribution in [2.45, 2.75) is 23.8 Å². The summed E-state index contributed by atoms with van der Waals surface area (Å²) in [4.78, 5) is 28.1. The first-order chi connectivity index (χ1) is 17.3. The molecular weight excluding hydrogens is 502 g/mol. The SMILES string of the molecule is O=C(Nc1ccccc1C(=O)N1CCCC1)[C@H]1CN(S(=O)(=O)c2ccc(Cl)cc2)c2ccccc2O1. The number of amides is 2. The van der Waals surface area contributed by atoms with Crippen LogP contribution in [0.25, 0.3) is 0 Å². The normalized spacial score (nSPS) is 17.3. The standard InChI is InChI=1S/C26H24ClN3O5S/c27-18-11-13-19(14-12-18)36(33,34)30-17-24(35-23-10-4-3-9-22(23)30)25(31)28-21-8-2-1-7-20(21)26(32)29-15-5-6-16-29/h1-4,7-14,24H,5-6,15-17H2,(H,28,31)/t24-/m1/s1. The van der Waals surface area contributed by atoms with Crippen LogP contribution >= 0.6 is 11.6 Å². The van der Waals surface area contributed by atoms with E-state index in [0.717, 1.165) is 12.8 Å². The van der Waals surface area contributed by atoms with E-state index in [1.807, 2.05) is 0 Å². The number of para-hydroxylation sites is 3. The largest absolute Gasteiger partial charge is 0.476 e. The van der Waals surface area contributed by atoms with E-state index in [-0.39, 0.29) is 23.1 Å². The maximum absolute atomic E-state index is 13.5. The lowest BCUT2D eigenvalue weighted by Gasteiger charge is -2.34. The van der Waals surface area contributed by atoms with Crippen LogP contribution in [-0.4, -0.2) is 50.9 Å². The van der Waals surface area contributed by atoms with Crippen LogP contribution in [-0.2, 0) is 14.8 Å². The fraction of sp³-hybridized carbons (Fsp3) is 0.231. The van der Waals surface area contributed by atoms with Crippen LogP contribution in [0.2, 0.25) is 5.02 Å². The van der Waals surface area contributed by atoms with Gasteiger partial charge >= 0.3 is 0 Å². The number of anilines is 2. The third-order valence-corrected chi connectivity index (χ3v) is 8.28. The van der Waals surface area contributed by atoms with Crippen molar-refractivity contribution >= 4 is 44.8 Å². The van der Waals surface area contributed by atoms with Gasteiger partial charge in [0, 0.05) is 18.1 Å². The number of sulfonamides is 1. The lowest BCUT2D eigenvalue weighted by atomic mass is 10.1. The predicted octanol–water partition coefficient (Wildman–Crippen LogP) is 4.17. The molecule has 3 aromatic rings. The van der Waals surface area contributed by atoms with E-state index < -0.39 is 22.0 Å². The minimum Gasteiger partial charge on any atom is -0.476 e. The second-order valence-electron chi connectivity index (χ2n) is 8.60. The van der Waals surface area contributed by atoms with Crippen LogP contribution in [0.15, 0.2) is 77.7 Å². The fourth-order valence-corrected chi connectivity index (χ4v) is 5.98. The van der Waals surface area contributed by atoms with E-state index in [4.69, 9.17) is 16.3 Å². The highest BCUT2D eigenvalue weighted by Crippen LogP contribution is 2.37. The third-order valence-electron chi connectivity index (χ3n) is 6.24.